The van der Waals surface area contributed by atoms with Gasteiger partial charge in [0.1, 0.15) is 0 Å². The molecule has 70 valence electrons. The third-order valence-electron chi connectivity index (χ3n) is 2.04. The number of rotatable bonds is 8. The van der Waals surface area contributed by atoms with Gasteiger partial charge in [-0.3, -0.25) is 0 Å². The molecule has 0 aliphatic heterocycles. The van der Waals surface area contributed by atoms with Crippen LogP contribution in [-0.2, 0) is 0 Å². The highest BCUT2D eigenvalue weighted by molar-refractivity contribution is 4.83. The Morgan fingerprint density at radius 2 is 1.42 bits per heavy atom. The summed E-state index contributed by atoms with van der Waals surface area (Å²) in [6, 6.07) is 0. The van der Waals surface area contributed by atoms with Crippen LogP contribution in [0.25, 0.3) is 0 Å². The van der Waals surface area contributed by atoms with Crippen LogP contribution in [0.15, 0.2) is 12.2 Å². The molecule has 0 heteroatoms. The molecule has 0 heterocycles. The van der Waals surface area contributed by atoms with Crippen LogP contribution in [0.4, 0.5) is 0 Å². The average Bonchev–Trinajstić information content (AvgIpc) is 2.10. The number of allylic oxidation sites excluding steroid dienone is 2. The van der Waals surface area contributed by atoms with Crippen LogP contribution in [0, 0.1) is 13.8 Å². The second-order valence-corrected chi connectivity index (χ2v) is 3.23. The zero-order valence-corrected chi connectivity index (χ0v) is 8.23. The summed E-state index contributed by atoms with van der Waals surface area (Å²) in [5.74, 6) is 0. The lowest BCUT2D eigenvalue weighted by molar-refractivity contribution is 0.599. The van der Waals surface area contributed by atoms with Gasteiger partial charge in [-0.05, 0) is 19.8 Å². The minimum Gasteiger partial charge on any atom is -0.0885 e. The first-order valence-corrected chi connectivity index (χ1v) is 5.15. The summed E-state index contributed by atoms with van der Waals surface area (Å²) in [5, 5.41) is 0. The van der Waals surface area contributed by atoms with E-state index in [1.807, 2.05) is 6.08 Å². The standard InChI is InChI=1S/C12H22/c1-3-5-7-9-11-12-10-8-6-4-2/h3,5H,1-2,4,6-12H2. The highest BCUT2D eigenvalue weighted by Crippen LogP contribution is 2.08. The molecule has 0 N–H and O–H groups in total. The Kier molecular flexibility index (Phi) is 10.5. The Balaban J connectivity index is 2.81. The van der Waals surface area contributed by atoms with Crippen molar-refractivity contribution in [3.05, 3.63) is 26.0 Å². The molecule has 0 spiro atoms. The Bertz CT molecular complexity index is 92.2. The van der Waals surface area contributed by atoms with E-state index in [2.05, 4.69) is 19.9 Å². The second-order valence-electron chi connectivity index (χ2n) is 3.23. The molecule has 0 nitrogen and oxygen atoms in total. The summed E-state index contributed by atoms with van der Waals surface area (Å²) in [5.41, 5.74) is 0. The average molecular weight is 166 g/mol. The van der Waals surface area contributed by atoms with Crippen molar-refractivity contribution in [3.8, 4) is 0 Å². The second kappa shape index (κ2) is 10.7. The van der Waals surface area contributed by atoms with E-state index in [-0.39, 0.29) is 0 Å². The summed E-state index contributed by atoms with van der Waals surface area (Å²) in [7, 11) is 0. The van der Waals surface area contributed by atoms with E-state index >= 15 is 0 Å². The topological polar surface area (TPSA) is 0 Å². The van der Waals surface area contributed by atoms with E-state index in [0.717, 1.165) is 6.42 Å². The van der Waals surface area contributed by atoms with Crippen molar-refractivity contribution in [1.82, 2.24) is 0 Å². The lowest BCUT2D eigenvalue weighted by Gasteiger charge is -1.98. The molecule has 0 aromatic carbocycles. The summed E-state index contributed by atoms with van der Waals surface area (Å²) < 4.78 is 0. The van der Waals surface area contributed by atoms with Gasteiger partial charge in [-0.15, -0.1) is 0 Å². The summed E-state index contributed by atoms with van der Waals surface area (Å²) in [6.45, 7) is 7.48. The van der Waals surface area contributed by atoms with Crippen LogP contribution in [-0.4, -0.2) is 0 Å². The van der Waals surface area contributed by atoms with Gasteiger partial charge in [0.2, 0.25) is 0 Å². The van der Waals surface area contributed by atoms with Gasteiger partial charge in [-0.1, -0.05) is 57.6 Å². The number of hydrogen-bond donors (Lipinski definition) is 0. The minimum atomic E-state index is 1.10. The Morgan fingerprint density at radius 1 is 0.833 bits per heavy atom. The molecule has 0 saturated carbocycles. The van der Waals surface area contributed by atoms with E-state index in [9.17, 15) is 0 Å². The molecule has 0 unspecified atom stereocenters. The van der Waals surface area contributed by atoms with Gasteiger partial charge >= 0.3 is 0 Å². The van der Waals surface area contributed by atoms with Crippen molar-refractivity contribution in [2.75, 3.05) is 0 Å². The first-order valence-electron chi connectivity index (χ1n) is 5.15. The molecule has 0 rings (SSSR count). The molecule has 0 aromatic heterocycles. The van der Waals surface area contributed by atoms with Crippen molar-refractivity contribution in [3.63, 3.8) is 0 Å². The molecule has 0 fully saturated rings. The van der Waals surface area contributed by atoms with E-state index in [0.29, 0.717) is 0 Å². The molecule has 0 aliphatic carbocycles. The van der Waals surface area contributed by atoms with E-state index in [4.69, 9.17) is 0 Å². The van der Waals surface area contributed by atoms with Gasteiger partial charge < -0.3 is 0 Å². The van der Waals surface area contributed by atoms with Gasteiger partial charge in [0.15, 0.2) is 0 Å². The Labute approximate surface area is 78.1 Å². The molecule has 0 aromatic rings. The third-order valence-corrected chi connectivity index (χ3v) is 2.04. The van der Waals surface area contributed by atoms with Crippen LogP contribution < -0.4 is 0 Å². The van der Waals surface area contributed by atoms with Crippen molar-refractivity contribution in [2.45, 2.75) is 51.4 Å². The smallest absolute Gasteiger partial charge is 0.0316 e. The van der Waals surface area contributed by atoms with Crippen LogP contribution in [0.3, 0.4) is 0 Å². The zero-order valence-electron chi connectivity index (χ0n) is 8.23. The minimum absolute atomic E-state index is 1.10. The summed E-state index contributed by atoms with van der Waals surface area (Å²) >= 11 is 0. The lowest BCUT2D eigenvalue weighted by atomic mass is 10.1. The van der Waals surface area contributed by atoms with Crippen molar-refractivity contribution >= 4 is 0 Å². The van der Waals surface area contributed by atoms with Gasteiger partial charge in [-0.25, -0.2) is 0 Å². The van der Waals surface area contributed by atoms with Crippen molar-refractivity contribution in [1.29, 1.82) is 0 Å². The third kappa shape index (κ3) is 9.74. The maximum absolute atomic E-state index is 3.83. The molecule has 0 amide bonds. The first kappa shape index (κ1) is 11.7. The monoisotopic (exact) mass is 166 g/mol. The maximum Gasteiger partial charge on any atom is -0.0316 e. The molecular weight excluding hydrogens is 144 g/mol. The Morgan fingerprint density at radius 3 is 2.00 bits per heavy atom. The predicted molar refractivity (Wildman–Crippen MR) is 56.8 cm³/mol. The van der Waals surface area contributed by atoms with Gasteiger partial charge in [-0.2, -0.15) is 0 Å². The summed E-state index contributed by atoms with van der Waals surface area (Å²) in [4.78, 5) is 0. The fraction of sp³-hybridized carbons (Fsp3) is 0.667. The Hall–Kier alpha value is -0.260. The van der Waals surface area contributed by atoms with Gasteiger partial charge in [0, 0.05) is 0 Å². The normalized spacial score (nSPS) is 11.2. The maximum atomic E-state index is 3.83. The first-order chi connectivity index (χ1) is 5.91. The highest BCUT2D eigenvalue weighted by atomic mass is 13.9. The SMILES string of the molecule is [CH2]C=CCCCCCCCC[CH2]. The zero-order chi connectivity index (χ0) is 9.07. The van der Waals surface area contributed by atoms with E-state index < -0.39 is 0 Å². The molecule has 0 bridgehead atoms. The quantitative estimate of drug-likeness (QED) is 0.471. The molecule has 0 aliphatic rings. The fourth-order valence-corrected chi connectivity index (χ4v) is 1.26. The highest BCUT2D eigenvalue weighted by Gasteiger charge is 1.88. The largest absolute Gasteiger partial charge is 0.0885 e. The molecule has 12 heavy (non-hydrogen) atoms. The molecule has 0 saturated heterocycles. The van der Waals surface area contributed by atoms with Crippen LogP contribution >= 0.6 is 0 Å². The summed E-state index contributed by atoms with van der Waals surface area (Å²) in [6.07, 6.45) is 14.5. The lowest BCUT2D eigenvalue weighted by Crippen LogP contribution is -1.78. The van der Waals surface area contributed by atoms with Gasteiger partial charge in [0.05, 0.1) is 0 Å². The number of hydrogen-bond acceptors (Lipinski definition) is 0. The fourth-order valence-electron chi connectivity index (χ4n) is 1.26. The van der Waals surface area contributed by atoms with E-state index in [1.54, 1.807) is 0 Å². The molecule has 2 radical (unpaired) electrons. The van der Waals surface area contributed by atoms with Crippen molar-refractivity contribution in [2.24, 2.45) is 0 Å². The van der Waals surface area contributed by atoms with Crippen molar-refractivity contribution < 1.29 is 0 Å². The van der Waals surface area contributed by atoms with Crippen LogP contribution in [0.1, 0.15) is 51.4 Å². The van der Waals surface area contributed by atoms with Crippen LogP contribution in [0.5, 0.6) is 0 Å². The molecule has 0 atom stereocenters. The van der Waals surface area contributed by atoms with E-state index in [1.165, 1.54) is 44.9 Å². The molecular formula is C12H22. The van der Waals surface area contributed by atoms with Gasteiger partial charge in [0.25, 0.3) is 0 Å². The van der Waals surface area contributed by atoms with Crippen LogP contribution in [0.2, 0.25) is 0 Å². The predicted octanol–water partition coefficient (Wildman–Crippen LogP) is 4.33. The number of unbranched alkanes of at least 4 members (excludes halogenated alkanes) is 7.